The average molecular weight is 855 g/mol. The van der Waals surface area contributed by atoms with Gasteiger partial charge in [-0.2, -0.15) is 0 Å². The molecule has 0 bridgehead atoms. The summed E-state index contributed by atoms with van der Waals surface area (Å²) in [6, 6.07) is 12.2. The lowest BCUT2D eigenvalue weighted by Gasteiger charge is -2.42. The van der Waals surface area contributed by atoms with E-state index in [4.69, 9.17) is 27.5 Å². The van der Waals surface area contributed by atoms with Crippen LogP contribution in [0, 0.1) is 11.8 Å². The molecule has 3 rings (SSSR count). The lowest BCUT2D eigenvalue weighted by molar-refractivity contribution is -0.0759. The van der Waals surface area contributed by atoms with Gasteiger partial charge in [0.2, 0.25) is 0 Å². The first-order chi connectivity index (χ1) is 25.9. The van der Waals surface area contributed by atoms with Crippen molar-refractivity contribution in [2.75, 3.05) is 26.1 Å². The molecule has 8 atom stereocenters. The summed E-state index contributed by atoms with van der Waals surface area (Å²) in [6.07, 6.45) is 2.22. The molecule has 56 heavy (non-hydrogen) atoms. The molecule has 2 aliphatic heterocycles. The molecular formula is C44H82O8SSi3. The molecule has 8 nitrogen and oxygen atoms in total. The highest BCUT2D eigenvalue weighted by molar-refractivity contribution is 7.91. The topological polar surface area (TPSA) is 89.5 Å². The van der Waals surface area contributed by atoms with E-state index in [1.807, 2.05) is 6.07 Å². The zero-order valence-corrected chi connectivity index (χ0v) is 42.0. The number of hydrogen-bond donors (Lipinski definition) is 0. The second-order valence-corrected chi connectivity index (χ2v) is 36.3. The standard InChI is InChI=1S/C44H82O8SSi3/c1-17-56(18-2,19-3)48-27-23-24-35-28-33(4)34(5)39(50-35)30-40-38(32-53(45,46)37-25-21-20-22-26-37)42(47-12)41(51-40)29-36(52-55(15,16)44(9,10)11)31-49-54(13,14)43(6,7)8/h20-22,25-26,33,35-36,38-42H,5,17-19,23-24,27-32H2,1-4,6-16H3/t33-,35+,36+,38+,39-,40+,41-,42-/m1/s1. The van der Waals surface area contributed by atoms with E-state index in [0.29, 0.717) is 24.3 Å². The van der Waals surface area contributed by atoms with Gasteiger partial charge in [0.05, 0.1) is 53.9 Å². The molecule has 2 fully saturated rings. The van der Waals surface area contributed by atoms with Crippen LogP contribution in [0.1, 0.15) is 101 Å². The first kappa shape index (κ1) is 49.7. The van der Waals surface area contributed by atoms with Gasteiger partial charge in [-0.15, -0.1) is 0 Å². The Morgan fingerprint density at radius 3 is 2.00 bits per heavy atom. The summed E-state index contributed by atoms with van der Waals surface area (Å²) < 4.78 is 68.9. The molecule has 1 aromatic carbocycles. The van der Waals surface area contributed by atoms with Crippen molar-refractivity contribution in [1.82, 2.24) is 0 Å². The Bertz CT molecular complexity index is 1460. The fourth-order valence-electron chi connectivity index (χ4n) is 7.83. The van der Waals surface area contributed by atoms with E-state index in [1.54, 1.807) is 31.4 Å². The first-order valence-corrected chi connectivity index (χ1v) is 31.6. The second kappa shape index (κ2) is 20.3. The van der Waals surface area contributed by atoms with Gasteiger partial charge in [-0.3, -0.25) is 0 Å². The average Bonchev–Trinajstić information content (AvgIpc) is 3.42. The van der Waals surface area contributed by atoms with Gasteiger partial charge >= 0.3 is 0 Å². The Hall–Kier alpha value is -0.679. The van der Waals surface area contributed by atoms with Crippen molar-refractivity contribution >= 4 is 34.8 Å². The van der Waals surface area contributed by atoms with Gasteiger partial charge in [0.1, 0.15) is 0 Å². The lowest BCUT2D eigenvalue weighted by atomic mass is 9.83. The van der Waals surface area contributed by atoms with Crippen molar-refractivity contribution < 1.29 is 35.9 Å². The molecule has 2 heterocycles. The molecule has 12 heteroatoms. The van der Waals surface area contributed by atoms with E-state index in [2.05, 4.69) is 102 Å². The van der Waals surface area contributed by atoms with Crippen LogP contribution in [0.4, 0.5) is 0 Å². The smallest absolute Gasteiger partial charge is 0.192 e. The number of hydrogen-bond acceptors (Lipinski definition) is 8. The van der Waals surface area contributed by atoms with Crippen LogP contribution in [0.15, 0.2) is 47.4 Å². The third kappa shape index (κ3) is 12.9. The third-order valence-electron chi connectivity index (χ3n) is 14.1. The second-order valence-electron chi connectivity index (χ2n) is 19.9. The SMILES string of the molecule is C=C1[C@H](C)C[C@H](CCCO[Si](CC)(CC)CC)O[C@@H]1C[C@@H]1O[C@H](C[C@@H](CO[Si](C)(C)C(C)(C)C)O[Si](C)(C)C(C)(C)C)[C@H](OC)[C@H]1CS(=O)(=O)c1ccccc1. The Morgan fingerprint density at radius 1 is 0.875 bits per heavy atom. The Morgan fingerprint density at radius 2 is 1.46 bits per heavy atom. The molecule has 1 aromatic rings. The summed E-state index contributed by atoms with van der Waals surface area (Å²) >= 11 is 0. The normalized spacial score (nSPS) is 26.5. The summed E-state index contributed by atoms with van der Waals surface area (Å²) in [5.41, 5.74) is 1.06. The zero-order chi connectivity index (χ0) is 42.3. The van der Waals surface area contributed by atoms with Crippen LogP contribution in [-0.4, -0.2) is 96.1 Å². The zero-order valence-electron chi connectivity index (χ0n) is 38.2. The van der Waals surface area contributed by atoms with E-state index in [9.17, 15) is 8.42 Å². The first-order valence-electron chi connectivity index (χ1n) is 21.6. The van der Waals surface area contributed by atoms with E-state index < -0.39 is 52.9 Å². The van der Waals surface area contributed by atoms with E-state index >= 15 is 0 Å². The highest BCUT2D eigenvalue weighted by Gasteiger charge is 2.50. The number of methoxy groups -OCH3 is 1. The van der Waals surface area contributed by atoms with Gasteiger partial charge < -0.3 is 27.5 Å². The van der Waals surface area contributed by atoms with Crippen LogP contribution in [0.2, 0.25) is 54.4 Å². The minimum Gasteiger partial charge on any atom is -0.417 e. The lowest BCUT2D eigenvalue weighted by Crippen LogP contribution is -2.49. The van der Waals surface area contributed by atoms with Crippen molar-refractivity contribution in [3.05, 3.63) is 42.5 Å². The predicted octanol–water partition coefficient (Wildman–Crippen LogP) is 11.2. The molecule has 0 spiro atoms. The minimum atomic E-state index is -3.65. The largest absolute Gasteiger partial charge is 0.417 e. The highest BCUT2D eigenvalue weighted by atomic mass is 32.2. The van der Waals surface area contributed by atoms with Gasteiger partial charge in [0.15, 0.2) is 34.8 Å². The van der Waals surface area contributed by atoms with Crippen LogP contribution in [0.3, 0.4) is 0 Å². The van der Waals surface area contributed by atoms with Crippen molar-refractivity contribution in [2.45, 2.75) is 197 Å². The predicted molar refractivity (Wildman–Crippen MR) is 240 cm³/mol. The molecule has 0 radical (unpaired) electrons. The van der Waals surface area contributed by atoms with Crippen LogP contribution >= 0.6 is 0 Å². The molecule has 2 aliphatic rings. The molecule has 2 saturated heterocycles. The van der Waals surface area contributed by atoms with Gasteiger partial charge in [-0.05, 0) is 97.3 Å². The maximum absolute atomic E-state index is 14.1. The van der Waals surface area contributed by atoms with Gasteiger partial charge in [-0.1, -0.05) is 94.0 Å². The maximum atomic E-state index is 14.1. The van der Waals surface area contributed by atoms with E-state index in [0.717, 1.165) is 49.6 Å². The third-order valence-corrected chi connectivity index (χ3v) is 29.6. The van der Waals surface area contributed by atoms with Crippen LogP contribution in [0.25, 0.3) is 0 Å². The number of ether oxygens (including phenoxy) is 3. The summed E-state index contributed by atoms with van der Waals surface area (Å²) in [7, 11) is -7.92. The molecule has 0 unspecified atom stereocenters. The summed E-state index contributed by atoms with van der Waals surface area (Å²) in [6.45, 7) is 37.4. The minimum absolute atomic E-state index is 0.000640. The van der Waals surface area contributed by atoms with Crippen molar-refractivity contribution in [3.8, 4) is 0 Å². The summed E-state index contributed by atoms with van der Waals surface area (Å²) in [5.74, 6) is -0.217. The molecule has 0 aliphatic carbocycles. The Balaban J connectivity index is 1.92. The van der Waals surface area contributed by atoms with Crippen molar-refractivity contribution in [1.29, 1.82) is 0 Å². The van der Waals surface area contributed by atoms with Crippen LogP contribution in [0.5, 0.6) is 0 Å². The Kier molecular flexibility index (Phi) is 18.0. The van der Waals surface area contributed by atoms with E-state index in [1.165, 1.54) is 0 Å². The summed E-state index contributed by atoms with van der Waals surface area (Å²) in [4.78, 5) is 0.314. The number of sulfone groups is 1. The van der Waals surface area contributed by atoms with Crippen molar-refractivity contribution in [2.24, 2.45) is 11.8 Å². The monoisotopic (exact) mass is 855 g/mol. The molecular weight excluding hydrogens is 773 g/mol. The molecule has 324 valence electrons. The van der Waals surface area contributed by atoms with Gasteiger partial charge in [0.25, 0.3) is 0 Å². The van der Waals surface area contributed by atoms with Crippen LogP contribution in [-0.2, 0) is 37.3 Å². The quantitative estimate of drug-likeness (QED) is 0.0686. The fraction of sp³-hybridized carbons (Fsp3) is 0.818. The van der Waals surface area contributed by atoms with Gasteiger partial charge in [-0.25, -0.2) is 8.42 Å². The van der Waals surface area contributed by atoms with Crippen LogP contribution < -0.4 is 0 Å². The number of benzene rings is 1. The summed E-state index contributed by atoms with van der Waals surface area (Å²) in [5, 5.41) is 0.0477. The fourth-order valence-corrected chi connectivity index (χ4v) is 14.6. The maximum Gasteiger partial charge on any atom is 0.192 e. The molecule has 0 saturated carbocycles. The van der Waals surface area contributed by atoms with Crippen molar-refractivity contribution in [3.63, 3.8) is 0 Å². The van der Waals surface area contributed by atoms with E-state index in [-0.39, 0.29) is 46.2 Å². The molecule has 0 amide bonds. The highest BCUT2D eigenvalue weighted by Crippen LogP contribution is 2.43. The molecule has 0 N–H and O–H groups in total. The molecule has 0 aromatic heterocycles. The van der Waals surface area contributed by atoms with Gasteiger partial charge in [0, 0.05) is 32.5 Å². The Labute approximate surface area is 346 Å². The number of rotatable bonds is 21.